The van der Waals surface area contributed by atoms with Gasteiger partial charge in [-0.15, -0.1) is 13.2 Å². The molecule has 0 amide bonds. The van der Waals surface area contributed by atoms with Gasteiger partial charge in [0, 0.05) is 17.6 Å². The van der Waals surface area contributed by atoms with Crippen molar-refractivity contribution in [3.8, 4) is 5.75 Å². The fourth-order valence-electron chi connectivity index (χ4n) is 2.61. The van der Waals surface area contributed by atoms with Crippen molar-refractivity contribution in [2.75, 3.05) is 0 Å². The minimum atomic E-state index is -4.71. The van der Waals surface area contributed by atoms with Crippen LogP contribution < -0.4 is 4.74 Å². The molecular weight excluding hydrogens is 349 g/mol. The summed E-state index contributed by atoms with van der Waals surface area (Å²) in [5.74, 6) is -0.266. The zero-order valence-corrected chi connectivity index (χ0v) is 12.6. The fourth-order valence-corrected chi connectivity index (χ4v) is 3.05. The Hall–Kier alpha value is -1.24. The maximum atomic E-state index is 12.3. The van der Waals surface area contributed by atoms with E-state index in [4.69, 9.17) is 0 Å². The van der Waals surface area contributed by atoms with E-state index in [0.29, 0.717) is 11.6 Å². The fraction of sp³-hybridized carbons (Fsp3) is 0.429. The number of nitrogens with zero attached hydrogens (tertiary/aromatic N) is 2. The molecular formula is C14H13BrF3N2O. The van der Waals surface area contributed by atoms with Crippen molar-refractivity contribution in [1.82, 2.24) is 9.78 Å². The average Bonchev–Trinajstić information content (AvgIpc) is 2.81. The topological polar surface area (TPSA) is 27.1 Å². The van der Waals surface area contributed by atoms with Gasteiger partial charge in [0.15, 0.2) is 0 Å². The van der Waals surface area contributed by atoms with E-state index in [1.807, 2.05) is 10.9 Å². The van der Waals surface area contributed by atoms with Crippen LogP contribution >= 0.6 is 15.9 Å². The van der Waals surface area contributed by atoms with Gasteiger partial charge in [-0.25, -0.2) is 0 Å². The van der Waals surface area contributed by atoms with Crippen molar-refractivity contribution in [2.45, 2.75) is 38.1 Å². The van der Waals surface area contributed by atoms with Gasteiger partial charge >= 0.3 is 6.36 Å². The van der Waals surface area contributed by atoms with Gasteiger partial charge in [-0.3, -0.25) is 4.68 Å². The number of fused-ring (bicyclic) bond motifs is 1. The molecule has 3 nitrogen and oxygen atoms in total. The Morgan fingerprint density at radius 2 is 1.95 bits per heavy atom. The Morgan fingerprint density at radius 3 is 2.62 bits per heavy atom. The number of hydrogen-bond acceptors (Lipinski definition) is 2. The molecule has 0 saturated heterocycles. The second kappa shape index (κ2) is 5.51. The molecule has 1 aromatic carbocycles. The lowest BCUT2D eigenvalue weighted by Gasteiger charge is -2.21. The van der Waals surface area contributed by atoms with Crippen LogP contribution in [0.2, 0.25) is 0 Å². The molecule has 1 radical (unpaired) electrons. The SMILES string of the molecule is FC(F)(F)Oc1cc2nn(C3CC[CH]CC3)cc2cc1Br. The van der Waals surface area contributed by atoms with Crippen molar-refractivity contribution in [3.05, 3.63) is 29.2 Å². The Labute approximate surface area is 128 Å². The lowest BCUT2D eigenvalue weighted by molar-refractivity contribution is -0.274. The molecule has 1 heterocycles. The lowest BCUT2D eigenvalue weighted by atomic mass is 9.96. The predicted octanol–water partition coefficient (Wildman–Crippen LogP) is 5.02. The molecule has 7 heteroatoms. The molecule has 3 rings (SSSR count). The molecule has 1 saturated carbocycles. The highest BCUT2D eigenvalue weighted by molar-refractivity contribution is 9.10. The highest BCUT2D eigenvalue weighted by atomic mass is 79.9. The van der Waals surface area contributed by atoms with E-state index in [0.717, 1.165) is 31.1 Å². The molecule has 0 N–H and O–H groups in total. The van der Waals surface area contributed by atoms with E-state index in [2.05, 4.69) is 32.2 Å². The average molecular weight is 362 g/mol. The Balaban J connectivity index is 1.94. The zero-order chi connectivity index (χ0) is 15.0. The normalized spacial score (nSPS) is 17.3. The summed E-state index contributed by atoms with van der Waals surface area (Å²) in [5, 5.41) is 5.20. The molecule has 1 aliphatic rings. The molecule has 113 valence electrons. The molecule has 2 aromatic rings. The summed E-state index contributed by atoms with van der Waals surface area (Å²) >= 11 is 3.11. The quantitative estimate of drug-likeness (QED) is 0.750. The minimum absolute atomic E-state index is 0.266. The summed E-state index contributed by atoms with van der Waals surface area (Å²) in [6, 6.07) is 3.24. The number of aromatic nitrogens is 2. The van der Waals surface area contributed by atoms with E-state index >= 15 is 0 Å². The number of alkyl halides is 3. The molecule has 21 heavy (non-hydrogen) atoms. The van der Waals surface area contributed by atoms with Gasteiger partial charge in [0.1, 0.15) is 5.75 Å². The third-order valence-corrected chi connectivity index (χ3v) is 4.20. The van der Waals surface area contributed by atoms with Crippen molar-refractivity contribution in [3.63, 3.8) is 0 Å². The highest BCUT2D eigenvalue weighted by Crippen LogP contribution is 2.35. The van der Waals surface area contributed by atoms with E-state index in [-0.39, 0.29) is 10.2 Å². The molecule has 0 spiro atoms. The summed E-state index contributed by atoms with van der Waals surface area (Å²) in [7, 11) is 0. The van der Waals surface area contributed by atoms with Crippen LogP contribution in [0.1, 0.15) is 31.7 Å². The van der Waals surface area contributed by atoms with E-state index in [1.165, 1.54) is 6.07 Å². The number of halogens is 4. The van der Waals surface area contributed by atoms with Crippen molar-refractivity contribution in [1.29, 1.82) is 0 Å². The van der Waals surface area contributed by atoms with Crippen LogP contribution in [-0.4, -0.2) is 16.1 Å². The highest BCUT2D eigenvalue weighted by Gasteiger charge is 2.32. The van der Waals surface area contributed by atoms with Crippen LogP contribution in [0.15, 0.2) is 22.8 Å². The lowest BCUT2D eigenvalue weighted by Crippen LogP contribution is -2.17. The Kier molecular flexibility index (Phi) is 3.86. The third-order valence-electron chi connectivity index (χ3n) is 3.58. The summed E-state index contributed by atoms with van der Waals surface area (Å²) in [4.78, 5) is 0. The van der Waals surface area contributed by atoms with E-state index < -0.39 is 6.36 Å². The first kappa shape index (κ1) is 14.7. The number of rotatable bonds is 2. The summed E-state index contributed by atoms with van der Waals surface area (Å²) < 4.78 is 43.2. The van der Waals surface area contributed by atoms with Gasteiger partial charge in [-0.2, -0.15) is 5.10 Å². The van der Waals surface area contributed by atoms with Gasteiger partial charge in [0.05, 0.1) is 16.0 Å². The van der Waals surface area contributed by atoms with E-state index in [9.17, 15) is 13.2 Å². The zero-order valence-electron chi connectivity index (χ0n) is 11.0. The van der Waals surface area contributed by atoms with Crippen molar-refractivity contribution in [2.24, 2.45) is 0 Å². The number of benzene rings is 1. The Morgan fingerprint density at radius 1 is 1.24 bits per heavy atom. The molecule has 1 fully saturated rings. The number of ether oxygens (including phenoxy) is 1. The van der Waals surface area contributed by atoms with Crippen LogP contribution in [-0.2, 0) is 0 Å². The van der Waals surface area contributed by atoms with Crippen LogP contribution in [0.25, 0.3) is 10.9 Å². The maximum Gasteiger partial charge on any atom is 0.573 e. The van der Waals surface area contributed by atoms with Crippen LogP contribution in [0.3, 0.4) is 0 Å². The first-order chi connectivity index (χ1) is 9.92. The third kappa shape index (κ3) is 3.33. The van der Waals surface area contributed by atoms with Crippen LogP contribution in [0.4, 0.5) is 13.2 Å². The summed E-state index contributed by atoms with van der Waals surface area (Å²) in [5.41, 5.74) is 0.506. The Bertz CT molecular complexity index is 647. The molecule has 0 atom stereocenters. The minimum Gasteiger partial charge on any atom is -0.405 e. The van der Waals surface area contributed by atoms with Crippen LogP contribution in [0, 0.1) is 6.42 Å². The monoisotopic (exact) mass is 361 g/mol. The van der Waals surface area contributed by atoms with Gasteiger partial charge < -0.3 is 4.74 Å². The van der Waals surface area contributed by atoms with Gasteiger partial charge in [0.25, 0.3) is 0 Å². The largest absolute Gasteiger partial charge is 0.573 e. The standard InChI is InChI=1S/C14H13BrF3N2O/c15-11-6-9-8-20(10-4-2-1-3-5-10)19-12(9)7-13(11)21-14(16,17)18/h1,6-8,10H,2-5H2. The second-order valence-electron chi connectivity index (χ2n) is 5.10. The summed E-state index contributed by atoms with van der Waals surface area (Å²) in [6.07, 6.45) is 3.55. The van der Waals surface area contributed by atoms with Gasteiger partial charge in [-0.1, -0.05) is 0 Å². The molecule has 0 aliphatic heterocycles. The van der Waals surface area contributed by atoms with Crippen molar-refractivity contribution < 1.29 is 17.9 Å². The predicted molar refractivity (Wildman–Crippen MR) is 75.9 cm³/mol. The number of hydrogen-bond donors (Lipinski definition) is 0. The first-order valence-corrected chi connectivity index (χ1v) is 7.47. The summed E-state index contributed by atoms with van der Waals surface area (Å²) in [6.45, 7) is 0. The molecule has 1 aliphatic carbocycles. The van der Waals surface area contributed by atoms with Crippen molar-refractivity contribution >= 4 is 26.8 Å². The molecule has 1 aromatic heterocycles. The second-order valence-corrected chi connectivity index (χ2v) is 5.95. The maximum absolute atomic E-state index is 12.3. The van der Waals surface area contributed by atoms with Gasteiger partial charge in [-0.05, 0) is 54.1 Å². The van der Waals surface area contributed by atoms with Crippen LogP contribution in [0.5, 0.6) is 5.75 Å². The molecule has 0 bridgehead atoms. The van der Waals surface area contributed by atoms with E-state index in [1.54, 1.807) is 6.07 Å². The molecule has 0 unspecified atom stereocenters. The smallest absolute Gasteiger partial charge is 0.405 e. The van der Waals surface area contributed by atoms with Gasteiger partial charge in [0.2, 0.25) is 0 Å². The first-order valence-electron chi connectivity index (χ1n) is 6.68.